The van der Waals surface area contributed by atoms with Gasteiger partial charge in [0.1, 0.15) is 5.60 Å². The van der Waals surface area contributed by atoms with Crippen molar-refractivity contribution in [1.82, 2.24) is 10.2 Å². The first-order chi connectivity index (χ1) is 11.9. The van der Waals surface area contributed by atoms with E-state index >= 15 is 0 Å². The number of hydrogen-bond acceptors (Lipinski definition) is 3. The summed E-state index contributed by atoms with van der Waals surface area (Å²) in [4.78, 5) is 14.1. The summed E-state index contributed by atoms with van der Waals surface area (Å²) in [5.74, 6) is 1.34. The first-order valence-corrected chi connectivity index (χ1v) is 9.68. The van der Waals surface area contributed by atoms with E-state index in [4.69, 9.17) is 4.74 Å². The lowest BCUT2D eigenvalue weighted by molar-refractivity contribution is 0.0255. The Bertz CT molecular complexity index is 567. The van der Waals surface area contributed by atoms with E-state index in [9.17, 15) is 4.79 Å². The molecule has 4 heteroatoms. The van der Waals surface area contributed by atoms with Crippen LogP contribution in [0.4, 0.5) is 4.79 Å². The first-order valence-electron chi connectivity index (χ1n) is 9.68. The molecule has 4 nitrogen and oxygen atoms in total. The van der Waals surface area contributed by atoms with E-state index in [1.54, 1.807) is 0 Å². The first kappa shape index (κ1) is 18.2. The van der Waals surface area contributed by atoms with Gasteiger partial charge in [-0.25, -0.2) is 4.79 Å². The third kappa shape index (κ3) is 5.46. The van der Waals surface area contributed by atoms with E-state index in [-0.39, 0.29) is 6.09 Å². The number of hydrogen-bond donors (Lipinski definition) is 1. The van der Waals surface area contributed by atoms with Gasteiger partial charge in [-0.15, -0.1) is 0 Å². The van der Waals surface area contributed by atoms with Crippen molar-refractivity contribution in [3.05, 3.63) is 35.9 Å². The topological polar surface area (TPSA) is 41.6 Å². The van der Waals surface area contributed by atoms with Gasteiger partial charge in [0.25, 0.3) is 0 Å². The summed E-state index contributed by atoms with van der Waals surface area (Å²) in [5.41, 5.74) is 1.04. The molecular formula is C21H32N2O2. The Hall–Kier alpha value is -1.55. The van der Waals surface area contributed by atoms with Gasteiger partial charge in [-0.3, -0.25) is 0 Å². The Labute approximate surface area is 151 Å². The van der Waals surface area contributed by atoms with Crippen LogP contribution < -0.4 is 5.32 Å². The van der Waals surface area contributed by atoms with Gasteiger partial charge in [-0.05, 0) is 64.5 Å². The number of likely N-dealkylation sites (tertiary alicyclic amines) is 1. The van der Waals surface area contributed by atoms with Crippen LogP contribution in [0.5, 0.6) is 0 Å². The van der Waals surface area contributed by atoms with E-state index < -0.39 is 5.60 Å². The molecule has 1 aromatic carbocycles. The Balaban J connectivity index is 1.40. The molecule has 2 unspecified atom stereocenters. The molecule has 0 radical (unpaired) electrons. The van der Waals surface area contributed by atoms with E-state index in [0.717, 1.165) is 32.5 Å². The van der Waals surface area contributed by atoms with E-state index in [1.165, 1.54) is 18.4 Å². The molecule has 0 bridgehead atoms. The predicted octanol–water partition coefficient (Wildman–Crippen LogP) is 4.17. The summed E-state index contributed by atoms with van der Waals surface area (Å²) in [6.07, 6.45) is 4.41. The minimum absolute atomic E-state index is 0.160. The number of carbonyl (C=O) groups excluding carboxylic acids is 1. The highest BCUT2D eigenvalue weighted by atomic mass is 16.6. The Morgan fingerprint density at radius 2 is 1.96 bits per heavy atom. The second-order valence-corrected chi connectivity index (χ2v) is 8.53. The van der Waals surface area contributed by atoms with Crippen LogP contribution in [0.3, 0.4) is 0 Å². The SMILES string of the molecule is CC(C)(C)OC(=O)N1CCCC(CN[C@H]2CC2c2ccccc2)CC1. The number of nitrogens with one attached hydrogen (secondary N) is 1. The molecule has 1 amide bonds. The summed E-state index contributed by atoms with van der Waals surface area (Å²) in [6.45, 7) is 8.47. The highest BCUT2D eigenvalue weighted by Gasteiger charge is 2.38. The summed E-state index contributed by atoms with van der Waals surface area (Å²) in [7, 11) is 0. The number of rotatable bonds is 4. The second kappa shape index (κ2) is 7.77. The van der Waals surface area contributed by atoms with Crippen molar-refractivity contribution in [2.75, 3.05) is 19.6 Å². The molecule has 1 aliphatic carbocycles. The average Bonchev–Trinajstić information content (AvgIpc) is 3.35. The predicted molar refractivity (Wildman–Crippen MR) is 101 cm³/mol. The van der Waals surface area contributed by atoms with Crippen molar-refractivity contribution in [2.45, 2.75) is 64.0 Å². The highest BCUT2D eigenvalue weighted by molar-refractivity contribution is 5.68. The average molecular weight is 344 g/mol. The molecule has 0 aromatic heterocycles. The molecule has 3 atom stereocenters. The molecule has 3 rings (SSSR count). The normalized spacial score (nSPS) is 26.8. The Kier molecular flexibility index (Phi) is 5.67. The van der Waals surface area contributed by atoms with Crippen LogP contribution >= 0.6 is 0 Å². The third-order valence-corrected chi connectivity index (χ3v) is 5.19. The van der Waals surface area contributed by atoms with Gasteiger partial charge < -0.3 is 15.0 Å². The molecule has 0 spiro atoms. The molecule has 1 heterocycles. The highest BCUT2D eigenvalue weighted by Crippen LogP contribution is 2.40. The zero-order valence-electron chi connectivity index (χ0n) is 15.8. The maximum absolute atomic E-state index is 12.2. The van der Waals surface area contributed by atoms with Gasteiger partial charge in [0, 0.05) is 25.0 Å². The van der Waals surface area contributed by atoms with Crippen molar-refractivity contribution in [1.29, 1.82) is 0 Å². The molecular weight excluding hydrogens is 312 g/mol. The van der Waals surface area contributed by atoms with Gasteiger partial charge in [-0.2, -0.15) is 0 Å². The third-order valence-electron chi connectivity index (χ3n) is 5.19. The minimum Gasteiger partial charge on any atom is -0.444 e. The van der Waals surface area contributed by atoms with Gasteiger partial charge in [0.15, 0.2) is 0 Å². The van der Waals surface area contributed by atoms with Crippen LogP contribution in [-0.2, 0) is 4.74 Å². The molecule has 138 valence electrons. The summed E-state index contributed by atoms with van der Waals surface area (Å²) < 4.78 is 5.51. The van der Waals surface area contributed by atoms with E-state index in [1.807, 2.05) is 25.7 Å². The largest absolute Gasteiger partial charge is 0.444 e. The number of amides is 1. The van der Waals surface area contributed by atoms with Crippen LogP contribution in [0.2, 0.25) is 0 Å². The summed E-state index contributed by atoms with van der Waals surface area (Å²) in [5, 5.41) is 3.75. The maximum Gasteiger partial charge on any atom is 0.410 e. The van der Waals surface area contributed by atoms with Crippen molar-refractivity contribution in [3.8, 4) is 0 Å². The zero-order chi connectivity index (χ0) is 17.9. The monoisotopic (exact) mass is 344 g/mol. The van der Waals surface area contributed by atoms with Gasteiger partial charge in [-0.1, -0.05) is 30.3 Å². The molecule has 1 saturated heterocycles. The molecule has 1 aliphatic heterocycles. The van der Waals surface area contributed by atoms with E-state index in [0.29, 0.717) is 17.9 Å². The van der Waals surface area contributed by atoms with Crippen molar-refractivity contribution < 1.29 is 9.53 Å². The van der Waals surface area contributed by atoms with Crippen LogP contribution in [0.25, 0.3) is 0 Å². The van der Waals surface area contributed by atoms with Crippen molar-refractivity contribution in [2.24, 2.45) is 5.92 Å². The number of benzene rings is 1. The van der Waals surface area contributed by atoms with Gasteiger partial charge in [0.05, 0.1) is 0 Å². The Morgan fingerprint density at radius 3 is 2.68 bits per heavy atom. The van der Waals surface area contributed by atoms with Crippen LogP contribution in [0.15, 0.2) is 30.3 Å². The molecule has 1 N–H and O–H groups in total. The Morgan fingerprint density at radius 1 is 1.20 bits per heavy atom. The van der Waals surface area contributed by atoms with Crippen LogP contribution in [0.1, 0.15) is 57.9 Å². The zero-order valence-corrected chi connectivity index (χ0v) is 15.8. The van der Waals surface area contributed by atoms with Crippen LogP contribution in [0, 0.1) is 5.92 Å². The number of ether oxygens (including phenoxy) is 1. The van der Waals surface area contributed by atoms with Gasteiger partial charge >= 0.3 is 6.09 Å². The lowest BCUT2D eigenvalue weighted by Crippen LogP contribution is -2.37. The lowest BCUT2D eigenvalue weighted by Gasteiger charge is -2.26. The minimum atomic E-state index is -0.414. The van der Waals surface area contributed by atoms with Crippen LogP contribution in [-0.4, -0.2) is 42.3 Å². The standard InChI is InChI=1S/C21H32N2O2/c1-21(2,3)25-20(24)23-12-7-8-16(11-13-23)15-22-19-14-18(19)17-9-5-4-6-10-17/h4-6,9-10,16,18-19,22H,7-8,11-15H2,1-3H3/t16?,18?,19-/m0/s1. The van der Waals surface area contributed by atoms with Crippen molar-refractivity contribution in [3.63, 3.8) is 0 Å². The maximum atomic E-state index is 12.2. The molecule has 2 aliphatic rings. The molecule has 1 saturated carbocycles. The fraction of sp³-hybridized carbons (Fsp3) is 0.667. The second-order valence-electron chi connectivity index (χ2n) is 8.53. The van der Waals surface area contributed by atoms with E-state index in [2.05, 4.69) is 35.6 Å². The molecule has 1 aromatic rings. The molecule has 25 heavy (non-hydrogen) atoms. The lowest BCUT2D eigenvalue weighted by atomic mass is 10.0. The van der Waals surface area contributed by atoms with Gasteiger partial charge in [0.2, 0.25) is 0 Å². The number of carbonyl (C=O) groups is 1. The summed E-state index contributed by atoms with van der Waals surface area (Å²) in [6, 6.07) is 11.4. The smallest absolute Gasteiger partial charge is 0.410 e. The van der Waals surface area contributed by atoms with Crippen molar-refractivity contribution >= 4 is 6.09 Å². The fourth-order valence-corrected chi connectivity index (χ4v) is 3.69. The summed E-state index contributed by atoms with van der Waals surface area (Å²) >= 11 is 0. The quantitative estimate of drug-likeness (QED) is 0.891. The molecule has 2 fully saturated rings. The number of nitrogens with zero attached hydrogens (tertiary/aromatic N) is 1. The fourth-order valence-electron chi connectivity index (χ4n) is 3.69.